The summed E-state index contributed by atoms with van der Waals surface area (Å²) < 4.78 is 11.1. The number of pyridine rings is 1. The van der Waals surface area contributed by atoms with Gasteiger partial charge in [-0.2, -0.15) is 0 Å². The van der Waals surface area contributed by atoms with Crippen molar-refractivity contribution in [3.63, 3.8) is 0 Å². The van der Waals surface area contributed by atoms with Gasteiger partial charge in [-0.15, -0.1) is 0 Å². The summed E-state index contributed by atoms with van der Waals surface area (Å²) in [5, 5.41) is 16.3. The summed E-state index contributed by atoms with van der Waals surface area (Å²) in [5.41, 5.74) is 3.06. The molecule has 4 rings (SSSR count). The molecule has 1 amide bonds. The van der Waals surface area contributed by atoms with Crippen LogP contribution in [0.4, 0.5) is 5.82 Å². The van der Waals surface area contributed by atoms with Gasteiger partial charge in [0, 0.05) is 31.9 Å². The summed E-state index contributed by atoms with van der Waals surface area (Å²) in [4.78, 5) is 19.8. The van der Waals surface area contributed by atoms with Crippen molar-refractivity contribution in [2.45, 2.75) is 58.7 Å². The molecule has 180 valence electrons. The zero-order valence-corrected chi connectivity index (χ0v) is 19.8. The third-order valence-corrected chi connectivity index (χ3v) is 6.33. The van der Waals surface area contributed by atoms with Gasteiger partial charge in [-0.3, -0.25) is 4.79 Å². The van der Waals surface area contributed by atoms with Crippen molar-refractivity contribution >= 4 is 11.7 Å². The highest BCUT2D eigenvalue weighted by atomic mass is 16.5. The van der Waals surface area contributed by atoms with E-state index in [1.807, 2.05) is 38.1 Å². The molecular formula is C26H32N4O4. The van der Waals surface area contributed by atoms with E-state index in [1.54, 1.807) is 18.3 Å². The maximum atomic E-state index is 12.9. The number of aliphatic hydroxyl groups excluding tert-OH is 1. The average Bonchev–Trinajstić information content (AvgIpc) is 3.19. The van der Waals surface area contributed by atoms with Crippen LogP contribution in [0, 0.1) is 13.8 Å². The summed E-state index contributed by atoms with van der Waals surface area (Å²) >= 11 is 0. The molecule has 0 bridgehead atoms. The Kier molecular flexibility index (Phi) is 7.80. The molecule has 0 saturated carbocycles. The van der Waals surface area contributed by atoms with E-state index in [2.05, 4.69) is 20.4 Å². The van der Waals surface area contributed by atoms with Crippen molar-refractivity contribution < 1.29 is 19.2 Å². The molecule has 3 aromatic rings. The average molecular weight is 465 g/mol. The van der Waals surface area contributed by atoms with Crippen LogP contribution in [-0.4, -0.2) is 40.3 Å². The summed E-state index contributed by atoms with van der Waals surface area (Å²) in [6.07, 6.45) is 5.98. The number of rotatable bonds is 9. The second-order valence-corrected chi connectivity index (χ2v) is 8.65. The topological polar surface area (TPSA) is 101 Å². The Morgan fingerprint density at radius 3 is 2.82 bits per heavy atom. The van der Waals surface area contributed by atoms with Crippen molar-refractivity contribution in [1.82, 2.24) is 15.5 Å². The van der Waals surface area contributed by atoms with Crippen molar-refractivity contribution in [3.05, 3.63) is 70.7 Å². The molecule has 1 atom stereocenters. The van der Waals surface area contributed by atoms with E-state index in [1.165, 1.54) is 6.42 Å². The number of nitrogens with one attached hydrogen (secondary N) is 1. The molecule has 1 aliphatic rings. The fourth-order valence-electron chi connectivity index (χ4n) is 4.36. The van der Waals surface area contributed by atoms with Crippen molar-refractivity contribution in [1.29, 1.82) is 0 Å². The van der Waals surface area contributed by atoms with E-state index in [0.717, 1.165) is 48.4 Å². The number of carbonyl (C=O) groups is 1. The molecule has 1 unspecified atom stereocenters. The number of aliphatic hydroxyl groups is 1. The normalized spacial score (nSPS) is 15.9. The summed E-state index contributed by atoms with van der Waals surface area (Å²) in [6.45, 7) is 5.50. The van der Waals surface area contributed by atoms with Gasteiger partial charge in [0.15, 0.2) is 0 Å². The molecule has 1 aliphatic heterocycles. The number of aromatic nitrogens is 2. The van der Waals surface area contributed by atoms with E-state index in [4.69, 9.17) is 9.26 Å². The van der Waals surface area contributed by atoms with Crippen LogP contribution in [0.1, 0.15) is 58.6 Å². The van der Waals surface area contributed by atoms with E-state index < -0.39 is 0 Å². The minimum absolute atomic E-state index is 0.189. The third-order valence-electron chi connectivity index (χ3n) is 6.33. The summed E-state index contributed by atoms with van der Waals surface area (Å²) in [5.74, 6) is 1.93. The van der Waals surface area contributed by atoms with E-state index in [9.17, 15) is 9.90 Å². The standard InChI is InChI=1S/C26H32N4O4/c1-18-23(19(2)34-29-18)17-33-24-9-4-3-8-22(24)26(32)28-16-20-10-11-25(27-15-20)30-13-6-5-7-21(30)12-14-31/h3-4,8-11,15,21,31H,5-7,12-14,16-17H2,1-2H3,(H,28,32). The molecule has 0 aliphatic carbocycles. The SMILES string of the molecule is Cc1noc(C)c1COc1ccccc1C(=O)NCc1ccc(N2CCCCC2CCO)nc1. The smallest absolute Gasteiger partial charge is 0.255 e. The first-order chi connectivity index (χ1) is 16.6. The highest BCUT2D eigenvalue weighted by Gasteiger charge is 2.23. The van der Waals surface area contributed by atoms with Crippen LogP contribution in [0.2, 0.25) is 0 Å². The zero-order valence-electron chi connectivity index (χ0n) is 19.8. The van der Waals surface area contributed by atoms with E-state index >= 15 is 0 Å². The second kappa shape index (κ2) is 11.2. The number of anilines is 1. The molecule has 1 saturated heterocycles. The molecular weight excluding hydrogens is 432 g/mol. The maximum Gasteiger partial charge on any atom is 0.255 e. The van der Waals surface area contributed by atoms with Crippen LogP contribution in [-0.2, 0) is 13.2 Å². The molecule has 34 heavy (non-hydrogen) atoms. The molecule has 3 heterocycles. The first-order valence-electron chi connectivity index (χ1n) is 11.8. The van der Waals surface area contributed by atoms with E-state index in [-0.39, 0.29) is 19.1 Å². The Hall–Kier alpha value is -3.39. The van der Waals surface area contributed by atoms with Crippen LogP contribution in [0.5, 0.6) is 5.75 Å². The fraction of sp³-hybridized carbons (Fsp3) is 0.423. The number of hydrogen-bond donors (Lipinski definition) is 2. The number of amides is 1. The van der Waals surface area contributed by atoms with Crippen LogP contribution in [0.3, 0.4) is 0 Å². The van der Waals surface area contributed by atoms with E-state index in [0.29, 0.717) is 29.7 Å². The quantitative estimate of drug-likeness (QED) is 0.495. The van der Waals surface area contributed by atoms with Crippen LogP contribution in [0.15, 0.2) is 47.1 Å². The van der Waals surface area contributed by atoms with Gasteiger partial charge in [-0.05, 0) is 63.3 Å². The minimum Gasteiger partial charge on any atom is -0.488 e. The Bertz CT molecular complexity index is 1070. The molecule has 0 radical (unpaired) electrons. The predicted molar refractivity (Wildman–Crippen MR) is 129 cm³/mol. The molecule has 8 nitrogen and oxygen atoms in total. The Morgan fingerprint density at radius 1 is 1.24 bits per heavy atom. The van der Waals surface area contributed by atoms with Crippen molar-refractivity contribution in [2.24, 2.45) is 0 Å². The van der Waals surface area contributed by atoms with Gasteiger partial charge < -0.3 is 24.6 Å². The zero-order chi connectivity index (χ0) is 23.9. The Balaban J connectivity index is 1.36. The number of para-hydroxylation sites is 1. The number of ether oxygens (including phenoxy) is 1. The Labute approximate surface area is 199 Å². The van der Waals surface area contributed by atoms with Gasteiger partial charge in [0.05, 0.1) is 16.8 Å². The highest BCUT2D eigenvalue weighted by Crippen LogP contribution is 2.25. The van der Waals surface area contributed by atoms with Gasteiger partial charge in [0.25, 0.3) is 5.91 Å². The molecule has 2 aromatic heterocycles. The lowest BCUT2D eigenvalue weighted by molar-refractivity contribution is 0.0946. The number of aryl methyl sites for hydroxylation is 2. The Morgan fingerprint density at radius 2 is 2.09 bits per heavy atom. The monoisotopic (exact) mass is 464 g/mol. The van der Waals surface area contributed by atoms with Crippen LogP contribution < -0.4 is 15.0 Å². The van der Waals surface area contributed by atoms with Gasteiger partial charge in [0.2, 0.25) is 0 Å². The fourth-order valence-corrected chi connectivity index (χ4v) is 4.36. The molecule has 1 fully saturated rings. The van der Waals surface area contributed by atoms with Crippen molar-refractivity contribution in [2.75, 3.05) is 18.1 Å². The predicted octanol–water partition coefficient (Wildman–Crippen LogP) is 3.94. The number of nitrogens with zero attached hydrogens (tertiary/aromatic N) is 3. The lowest BCUT2D eigenvalue weighted by Gasteiger charge is -2.36. The number of carbonyl (C=O) groups excluding carboxylic acids is 1. The first kappa shape index (κ1) is 23.8. The summed E-state index contributed by atoms with van der Waals surface area (Å²) in [6, 6.07) is 11.5. The van der Waals surface area contributed by atoms with Gasteiger partial charge in [-0.25, -0.2) is 4.98 Å². The number of benzene rings is 1. The number of hydrogen-bond acceptors (Lipinski definition) is 7. The van der Waals surface area contributed by atoms with Crippen molar-refractivity contribution in [3.8, 4) is 5.75 Å². The van der Waals surface area contributed by atoms with Crippen LogP contribution in [0.25, 0.3) is 0 Å². The van der Waals surface area contributed by atoms with Gasteiger partial charge in [-0.1, -0.05) is 23.4 Å². The largest absolute Gasteiger partial charge is 0.488 e. The second-order valence-electron chi connectivity index (χ2n) is 8.65. The minimum atomic E-state index is -0.211. The molecule has 8 heteroatoms. The maximum absolute atomic E-state index is 12.9. The lowest BCUT2D eigenvalue weighted by atomic mass is 9.99. The lowest BCUT2D eigenvalue weighted by Crippen LogP contribution is -2.40. The molecule has 1 aromatic carbocycles. The molecule has 2 N–H and O–H groups in total. The number of piperidine rings is 1. The third kappa shape index (κ3) is 5.56. The summed E-state index contributed by atoms with van der Waals surface area (Å²) in [7, 11) is 0. The van der Waals surface area contributed by atoms with Gasteiger partial charge in [0.1, 0.15) is 23.9 Å². The van der Waals surface area contributed by atoms with Gasteiger partial charge >= 0.3 is 0 Å². The highest BCUT2D eigenvalue weighted by molar-refractivity contribution is 5.96. The molecule has 0 spiro atoms. The van der Waals surface area contributed by atoms with Crippen LogP contribution >= 0.6 is 0 Å². The first-order valence-corrected chi connectivity index (χ1v) is 11.8.